The summed E-state index contributed by atoms with van der Waals surface area (Å²) in [4.78, 5) is 10.2. The smallest absolute Gasteiger partial charge is 0.269 e. The van der Waals surface area contributed by atoms with Crippen molar-refractivity contribution in [3.63, 3.8) is 0 Å². The van der Waals surface area contributed by atoms with Crippen LogP contribution in [0.5, 0.6) is 0 Å². The number of hydrogen-bond acceptors (Lipinski definition) is 3. The molecule has 0 amide bonds. The van der Waals surface area contributed by atoms with Gasteiger partial charge in [-0.25, -0.2) is 0 Å². The average Bonchev–Trinajstić information content (AvgIpc) is 2.53. The highest BCUT2D eigenvalue weighted by Gasteiger charge is 2.05. The van der Waals surface area contributed by atoms with Crippen molar-refractivity contribution >= 4 is 28.7 Å². The zero-order valence-corrected chi connectivity index (χ0v) is 14.7. The Bertz CT molecular complexity index is 730. The zero-order valence-electron chi connectivity index (χ0n) is 13.8. The lowest BCUT2D eigenvalue weighted by Gasteiger charge is -2.11. The number of aryl methyl sites for hydroxylation is 3. The van der Waals surface area contributed by atoms with Gasteiger partial charge in [-0.15, -0.1) is 0 Å². The van der Waals surface area contributed by atoms with Gasteiger partial charge >= 0.3 is 0 Å². The van der Waals surface area contributed by atoms with E-state index < -0.39 is 4.92 Å². The van der Waals surface area contributed by atoms with Crippen LogP contribution in [0.4, 0.5) is 11.4 Å². The Balaban J connectivity index is 1.74. The number of nitro benzene ring substituents is 1. The standard InChI is InChI=1S/C18H21N3O2S/c1-13-5-6-15(14(2)12-13)4-3-11-19-18(24)20-16-7-9-17(10-8-16)21(22)23/h5-10,12H,3-4,11H2,1-2H3,(H2,19,20,24). The van der Waals surface area contributed by atoms with Gasteiger partial charge in [0, 0.05) is 24.4 Å². The lowest BCUT2D eigenvalue weighted by atomic mass is 10.0. The highest BCUT2D eigenvalue weighted by Crippen LogP contribution is 2.15. The van der Waals surface area contributed by atoms with Gasteiger partial charge in [0.2, 0.25) is 0 Å². The van der Waals surface area contributed by atoms with Gasteiger partial charge in [0.05, 0.1) is 4.92 Å². The van der Waals surface area contributed by atoms with E-state index in [-0.39, 0.29) is 5.69 Å². The van der Waals surface area contributed by atoms with Crippen LogP contribution in [-0.2, 0) is 6.42 Å². The molecule has 0 spiro atoms. The van der Waals surface area contributed by atoms with Crippen LogP contribution in [0.1, 0.15) is 23.1 Å². The molecule has 0 unspecified atom stereocenters. The average molecular weight is 343 g/mol. The van der Waals surface area contributed by atoms with Crippen molar-refractivity contribution < 1.29 is 4.92 Å². The van der Waals surface area contributed by atoms with Crippen molar-refractivity contribution in [1.29, 1.82) is 0 Å². The molecule has 126 valence electrons. The van der Waals surface area contributed by atoms with E-state index in [1.807, 2.05) is 0 Å². The highest BCUT2D eigenvalue weighted by atomic mass is 32.1. The second kappa shape index (κ2) is 8.40. The summed E-state index contributed by atoms with van der Waals surface area (Å²) >= 11 is 5.24. The van der Waals surface area contributed by atoms with E-state index in [0.717, 1.165) is 25.1 Å². The lowest BCUT2D eigenvalue weighted by Crippen LogP contribution is -2.29. The van der Waals surface area contributed by atoms with Gasteiger partial charge in [0.25, 0.3) is 5.69 Å². The summed E-state index contributed by atoms with van der Waals surface area (Å²) in [5, 5.41) is 17.3. The molecule has 0 aliphatic carbocycles. The van der Waals surface area contributed by atoms with Crippen LogP contribution >= 0.6 is 12.2 Å². The summed E-state index contributed by atoms with van der Waals surface area (Å²) in [6, 6.07) is 12.7. The Kier molecular flexibility index (Phi) is 6.26. The molecule has 0 saturated carbocycles. The third-order valence-electron chi connectivity index (χ3n) is 3.74. The molecule has 2 rings (SSSR count). The molecule has 24 heavy (non-hydrogen) atoms. The molecule has 0 aliphatic rings. The predicted molar refractivity (Wildman–Crippen MR) is 102 cm³/mol. The first-order chi connectivity index (χ1) is 11.5. The quantitative estimate of drug-likeness (QED) is 0.357. The first-order valence-electron chi connectivity index (χ1n) is 7.81. The second-order valence-corrected chi connectivity index (χ2v) is 6.13. The fourth-order valence-electron chi connectivity index (χ4n) is 2.45. The van der Waals surface area contributed by atoms with Crippen molar-refractivity contribution in [2.75, 3.05) is 11.9 Å². The van der Waals surface area contributed by atoms with Crippen LogP contribution in [0.3, 0.4) is 0 Å². The molecule has 0 heterocycles. The first kappa shape index (κ1) is 17.9. The van der Waals surface area contributed by atoms with E-state index >= 15 is 0 Å². The maximum absolute atomic E-state index is 10.6. The number of nitrogens with one attached hydrogen (secondary N) is 2. The molecule has 2 aromatic rings. The summed E-state index contributed by atoms with van der Waals surface area (Å²) in [5.41, 5.74) is 4.75. The van der Waals surface area contributed by atoms with Crippen LogP contribution in [0, 0.1) is 24.0 Å². The van der Waals surface area contributed by atoms with Crippen LogP contribution in [0.2, 0.25) is 0 Å². The molecule has 0 fully saturated rings. The number of thiocarbonyl (C=S) groups is 1. The van der Waals surface area contributed by atoms with Crippen molar-refractivity contribution in [1.82, 2.24) is 5.32 Å². The molecule has 2 aromatic carbocycles. The van der Waals surface area contributed by atoms with Crippen LogP contribution < -0.4 is 10.6 Å². The van der Waals surface area contributed by atoms with Gasteiger partial charge in [-0.1, -0.05) is 23.8 Å². The number of nitrogens with zero attached hydrogens (tertiary/aromatic N) is 1. The molecule has 0 saturated heterocycles. The van der Waals surface area contributed by atoms with Gasteiger partial charge in [0.15, 0.2) is 5.11 Å². The Labute approximate surface area is 147 Å². The Hall–Kier alpha value is -2.47. The third kappa shape index (κ3) is 5.31. The number of benzene rings is 2. The summed E-state index contributed by atoms with van der Waals surface area (Å²) in [6.45, 7) is 5.00. The molecular weight excluding hydrogens is 322 g/mol. The van der Waals surface area contributed by atoms with Crippen molar-refractivity contribution in [2.24, 2.45) is 0 Å². The molecule has 0 radical (unpaired) electrons. The van der Waals surface area contributed by atoms with Gasteiger partial charge < -0.3 is 10.6 Å². The number of nitro groups is 1. The minimum Gasteiger partial charge on any atom is -0.362 e. The molecule has 0 bridgehead atoms. The molecule has 0 atom stereocenters. The topological polar surface area (TPSA) is 67.2 Å². The zero-order chi connectivity index (χ0) is 17.5. The lowest BCUT2D eigenvalue weighted by molar-refractivity contribution is -0.384. The minimum atomic E-state index is -0.423. The molecule has 0 aliphatic heterocycles. The van der Waals surface area contributed by atoms with Gasteiger partial charge in [0.1, 0.15) is 0 Å². The molecular formula is C18H21N3O2S. The molecule has 6 heteroatoms. The van der Waals surface area contributed by atoms with E-state index in [9.17, 15) is 10.1 Å². The van der Waals surface area contributed by atoms with Gasteiger partial charge in [-0.05, 0) is 62.2 Å². The minimum absolute atomic E-state index is 0.0629. The van der Waals surface area contributed by atoms with Crippen LogP contribution in [0.25, 0.3) is 0 Å². The summed E-state index contributed by atoms with van der Waals surface area (Å²) in [5.74, 6) is 0. The normalized spacial score (nSPS) is 10.2. The monoisotopic (exact) mass is 343 g/mol. The second-order valence-electron chi connectivity index (χ2n) is 5.72. The fourth-order valence-corrected chi connectivity index (χ4v) is 2.67. The number of rotatable bonds is 6. The number of anilines is 1. The Morgan fingerprint density at radius 1 is 1.17 bits per heavy atom. The van der Waals surface area contributed by atoms with Crippen LogP contribution in [0.15, 0.2) is 42.5 Å². The first-order valence-corrected chi connectivity index (χ1v) is 8.22. The van der Waals surface area contributed by atoms with E-state index in [2.05, 4.69) is 42.7 Å². The van der Waals surface area contributed by atoms with E-state index in [0.29, 0.717) is 5.11 Å². The van der Waals surface area contributed by atoms with Crippen molar-refractivity contribution in [3.8, 4) is 0 Å². The maximum atomic E-state index is 10.6. The fraction of sp³-hybridized carbons (Fsp3) is 0.278. The number of non-ortho nitro benzene ring substituents is 1. The number of hydrogen-bond donors (Lipinski definition) is 2. The van der Waals surface area contributed by atoms with E-state index in [4.69, 9.17) is 12.2 Å². The summed E-state index contributed by atoms with van der Waals surface area (Å²) in [7, 11) is 0. The molecule has 2 N–H and O–H groups in total. The van der Waals surface area contributed by atoms with E-state index in [1.165, 1.54) is 28.8 Å². The van der Waals surface area contributed by atoms with E-state index in [1.54, 1.807) is 12.1 Å². The molecule has 5 nitrogen and oxygen atoms in total. The summed E-state index contributed by atoms with van der Waals surface area (Å²) in [6.07, 6.45) is 1.98. The van der Waals surface area contributed by atoms with Gasteiger partial charge in [-0.2, -0.15) is 0 Å². The SMILES string of the molecule is Cc1ccc(CCCNC(=S)Nc2ccc([N+](=O)[O-])cc2)c(C)c1. The van der Waals surface area contributed by atoms with Gasteiger partial charge in [-0.3, -0.25) is 10.1 Å². The van der Waals surface area contributed by atoms with Crippen molar-refractivity contribution in [2.45, 2.75) is 26.7 Å². The Morgan fingerprint density at radius 3 is 2.50 bits per heavy atom. The summed E-state index contributed by atoms with van der Waals surface area (Å²) < 4.78 is 0. The predicted octanol–water partition coefficient (Wildman–Crippen LogP) is 4.13. The molecule has 0 aromatic heterocycles. The highest BCUT2D eigenvalue weighted by molar-refractivity contribution is 7.80. The van der Waals surface area contributed by atoms with Crippen LogP contribution in [-0.4, -0.2) is 16.6 Å². The van der Waals surface area contributed by atoms with Crippen molar-refractivity contribution in [3.05, 3.63) is 69.3 Å². The maximum Gasteiger partial charge on any atom is 0.269 e. The Morgan fingerprint density at radius 2 is 1.88 bits per heavy atom. The largest absolute Gasteiger partial charge is 0.362 e. The third-order valence-corrected chi connectivity index (χ3v) is 3.99.